The minimum Gasteiger partial charge on any atom is -0.361 e. The van der Waals surface area contributed by atoms with Crippen molar-refractivity contribution < 1.29 is 9.05 Å². The summed E-state index contributed by atoms with van der Waals surface area (Å²) >= 11 is 0. The summed E-state index contributed by atoms with van der Waals surface area (Å²) in [6.07, 6.45) is 0. The van der Waals surface area contributed by atoms with Crippen molar-refractivity contribution in [3.8, 4) is 11.6 Å². The lowest BCUT2D eigenvalue weighted by Crippen LogP contribution is -2.27. The van der Waals surface area contributed by atoms with Crippen molar-refractivity contribution in [2.24, 2.45) is 11.1 Å². The number of rotatable bonds is 2. The molecule has 0 aliphatic carbocycles. The highest BCUT2D eigenvalue weighted by molar-refractivity contribution is 5.45. The van der Waals surface area contributed by atoms with Gasteiger partial charge in [0.1, 0.15) is 5.76 Å². The Bertz CT molecular complexity index is 510. The molecule has 1 unspecified atom stereocenters. The van der Waals surface area contributed by atoms with E-state index in [1.165, 1.54) is 0 Å². The molecule has 6 nitrogen and oxygen atoms in total. The number of nitrogens with two attached hydrogens (primary N) is 1. The second kappa shape index (κ2) is 3.96. The largest absolute Gasteiger partial charge is 0.361 e. The Hall–Kier alpha value is -1.69. The Balaban J connectivity index is 2.28. The number of hydrogen-bond acceptors (Lipinski definition) is 6. The number of aryl methyl sites for hydroxylation is 1. The molecule has 2 aromatic heterocycles. The molecule has 2 N–H and O–H groups in total. The van der Waals surface area contributed by atoms with Crippen LogP contribution in [0.3, 0.4) is 0 Å². The Morgan fingerprint density at radius 2 is 1.94 bits per heavy atom. The summed E-state index contributed by atoms with van der Waals surface area (Å²) in [4.78, 5) is 4.23. The first-order valence-corrected chi connectivity index (χ1v) is 5.41. The minimum atomic E-state index is -0.284. The van der Waals surface area contributed by atoms with E-state index in [1.54, 1.807) is 13.0 Å². The van der Waals surface area contributed by atoms with Crippen LogP contribution in [0.15, 0.2) is 15.1 Å². The third-order valence-corrected chi connectivity index (χ3v) is 2.50. The van der Waals surface area contributed by atoms with Gasteiger partial charge in [-0.15, -0.1) is 0 Å². The molecule has 0 saturated heterocycles. The van der Waals surface area contributed by atoms with Gasteiger partial charge in [-0.05, 0) is 12.3 Å². The van der Waals surface area contributed by atoms with E-state index < -0.39 is 0 Å². The lowest BCUT2D eigenvalue weighted by atomic mass is 9.87. The van der Waals surface area contributed by atoms with Crippen molar-refractivity contribution in [3.05, 3.63) is 17.7 Å². The fourth-order valence-corrected chi connectivity index (χ4v) is 1.32. The predicted molar refractivity (Wildman–Crippen MR) is 60.9 cm³/mol. The molecule has 17 heavy (non-hydrogen) atoms. The number of nitrogens with zero attached hydrogens (tertiary/aromatic N) is 3. The molecule has 0 saturated carbocycles. The molecule has 92 valence electrons. The Morgan fingerprint density at radius 1 is 1.24 bits per heavy atom. The van der Waals surface area contributed by atoms with E-state index >= 15 is 0 Å². The zero-order valence-corrected chi connectivity index (χ0v) is 10.4. The Kier molecular flexibility index (Phi) is 2.74. The van der Waals surface area contributed by atoms with Gasteiger partial charge in [0.05, 0.1) is 6.04 Å². The molecule has 0 aliphatic heterocycles. The van der Waals surface area contributed by atoms with Crippen molar-refractivity contribution in [1.82, 2.24) is 15.3 Å². The average Bonchev–Trinajstić information content (AvgIpc) is 2.83. The third kappa shape index (κ3) is 2.36. The summed E-state index contributed by atoms with van der Waals surface area (Å²) in [5, 5.41) is 7.68. The lowest BCUT2D eigenvalue weighted by Gasteiger charge is -2.23. The van der Waals surface area contributed by atoms with Crippen LogP contribution in [0.5, 0.6) is 0 Å². The molecule has 0 amide bonds. The van der Waals surface area contributed by atoms with E-state index in [1.807, 2.05) is 20.8 Å². The van der Waals surface area contributed by atoms with Gasteiger partial charge in [0.15, 0.2) is 11.5 Å². The molecule has 0 bridgehead atoms. The molecule has 0 fully saturated rings. The van der Waals surface area contributed by atoms with Crippen molar-refractivity contribution in [2.75, 3.05) is 0 Å². The number of aromatic nitrogens is 3. The van der Waals surface area contributed by atoms with Gasteiger partial charge in [-0.3, -0.25) is 0 Å². The average molecular weight is 236 g/mol. The van der Waals surface area contributed by atoms with Gasteiger partial charge in [0.25, 0.3) is 5.89 Å². The van der Waals surface area contributed by atoms with E-state index in [0.29, 0.717) is 23.2 Å². The topological polar surface area (TPSA) is 91.0 Å². The van der Waals surface area contributed by atoms with Crippen molar-refractivity contribution in [3.63, 3.8) is 0 Å². The van der Waals surface area contributed by atoms with E-state index in [9.17, 15) is 0 Å². The predicted octanol–water partition coefficient (Wildman–Crippen LogP) is 2.08. The zero-order chi connectivity index (χ0) is 12.6. The van der Waals surface area contributed by atoms with Crippen LogP contribution in [0.1, 0.15) is 38.4 Å². The van der Waals surface area contributed by atoms with Crippen molar-refractivity contribution in [1.29, 1.82) is 0 Å². The molecule has 2 aromatic rings. The Labute approximate surface area is 99.2 Å². The van der Waals surface area contributed by atoms with Gasteiger partial charge in [-0.25, -0.2) is 0 Å². The number of hydrogen-bond donors (Lipinski definition) is 1. The van der Waals surface area contributed by atoms with Crippen LogP contribution < -0.4 is 5.73 Å². The molecular weight excluding hydrogens is 220 g/mol. The second-order valence-corrected chi connectivity index (χ2v) is 5.12. The van der Waals surface area contributed by atoms with Crippen LogP contribution >= 0.6 is 0 Å². The molecule has 2 rings (SSSR count). The smallest absolute Gasteiger partial charge is 0.280 e. The summed E-state index contributed by atoms with van der Waals surface area (Å²) in [6.45, 7) is 7.87. The molecule has 0 radical (unpaired) electrons. The van der Waals surface area contributed by atoms with Gasteiger partial charge in [0, 0.05) is 6.07 Å². The van der Waals surface area contributed by atoms with Crippen LogP contribution in [0.4, 0.5) is 0 Å². The molecule has 0 aliphatic rings. The quantitative estimate of drug-likeness (QED) is 0.858. The molecule has 2 heterocycles. The molecule has 0 spiro atoms. The van der Waals surface area contributed by atoms with Crippen LogP contribution in [-0.2, 0) is 0 Å². The first-order valence-electron chi connectivity index (χ1n) is 5.41. The fourth-order valence-electron chi connectivity index (χ4n) is 1.32. The summed E-state index contributed by atoms with van der Waals surface area (Å²) in [5.74, 6) is 1.50. The van der Waals surface area contributed by atoms with Crippen molar-refractivity contribution in [2.45, 2.75) is 33.7 Å². The normalized spacial score (nSPS) is 13.9. The SMILES string of the molecule is Cc1cc(-c2nc(C(N)C(C)(C)C)no2)no1. The van der Waals surface area contributed by atoms with Gasteiger partial charge >= 0.3 is 0 Å². The van der Waals surface area contributed by atoms with E-state index in [-0.39, 0.29) is 11.5 Å². The Morgan fingerprint density at radius 3 is 2.47 bits per heavy atom. The monoisotopic (exact) mass is 236 g/mol. The minimum absolute atomic E-state index is 0.124. The first-order chi connectivity index (χ1) is 7.88. The fraction of sp³-hybridized carbons (Fsp3) is 0.545. The standard InChI is InChI=1S/C11H16N4O2/c1-6-5-7(14-16-6)10-13-9(15-17-10)8(12)11(2,3)4/h5,8H,12H2,1-4H3. The molecule has 0 aromatic carbocycles. The summed E-state index contributed by atoms with van der Waals surface area (Å²) in [5.41, 5.74) is 6.45. The maximum atomic E-state index is 6.04. The highest BCUT2D eigenvalue weighted by atomic mass is 16.5. The summed E-state index contributed by atoms with van der Waals surface area (Å²) < 4.78 is 10.1. The van der Waals surface area contributed by atoms with Gasteiger partial charge in [-0.1, -0.05) is 31.1 Å². The zero-order valence-electron chi connectivity index (χ0n) is 10.4. The van der Waals surface area contributed by atoms with Gasteiger partial charge in [0.2, 0.25) is 0 Å². The molecule has 1 atom stereocenters. The maximum absolute atomic E-state index is 6.04. The maximum Gasteiger partial charge on any atom is 0.280 e. The van der Waals surface area contributed by atoms with Gasteiger partial charge < -0.3 is 14.8 Å². The van der Waals surface area contributed by atoms with Gasteiger partial charge in [-0.2, -0.15) is 4.98 Å². The lowest BCUT2D eigenvalue weighted by molar-refractivity contribution is 0.303. The highest BCUT2D eigenvalue weighted by Crippen LogP contribution is 2.29. The first kappa shape index (κ1) is 11.8. The van der Waals surface area contributed by atoms with E-state index in [0.717, 1.165) is 0 Å². The van der Waals surface area contributed by atoms with Crippen LogP contribution in [0.25, 0.3) is 11.6 Å². The molecular formula is C11H16N4O2. The van der Waals surface area contributed by atoms with Crippen molar-refractivity contribution >= 4 is 0 Å². The van der Waals surface area contributed by atoms with Crippen LogP contribution in [-0.4, -0.2) is 15.3 Å². The second-order valence-electron chi connectivity index (χ2n) is 5.12. The van der Waals surface area contributed by atoms with Crippen LogP contribution in [0.2, 0.25) is 0 Å². The van der Waals surface area contributed by atoms with E-state index in [2.05, 4.69) is 15.3 Å². The summed E-state index contributed by atoms with van der Waals surface area (Å²) in [7, 11) is 0. The third-order valence-electron chi connectivity index (χ3n) is 2.50. The van der Waals surface area contributed by atoms with Crippen LogP contribution in [0, 0.1) is 12.3 Å². The molecule has 6 heteroatoms. The highest BCUT2D eigenvalue weighted by Gasteiger charge is 2.27. The van der Waals surface area contributed by atoms with E-state index in [4.69, 9.17) is 14.8 Å². The summed E-state index contributed by atoms with van der Waals surface area (Å²) in [6, 6.07) is 1.45.